The lowest BCUT2D eigenvalue weighted by atomic mass is 10.0. The molecular formula is C18H21BrN4O2. The number of oxime groups is 1. The van der Waals surface area contributed by atoms with Crippen LogP contribution >= 0.6 is 15.9 Å². The Hall–Kier alpha value is -2.15. The first-order valence-electron chi connectivity index (χ1n) is 8.09. The molecule has 0 bridgehead atoms. The van der Waals surface area contributed by atoms with Crippen molar-refractivity contribution in [3.63, 3.8) is 0 Å². The molecule has 0 spiro atoms. The molecule has 1 unspecified atom stereocenters. The molecule has 1 aliphatic rings. The van der Waals surface area contributed by atoms with Gasteiger partial charge in [-0.25, -0.2) is 0 Å². The number of nitrogens with zero attached hydrogens (tertiary/aromatic N) is 4. The normalized spacial score (nSPS) is 16.5. The largest absolute Gasteiger partial charge is 0.382 e. The van der Waals surface area contributed by atoms with Gasteiger partial charge in [0.1, 0.15) is 0 Å². The lowest BCUT2D eigenvalue weighted by molar-refractivity contribution is -0.141. The van der Waals surface area contributed by atoms with E-state index in [2.05, 4.69) is 26.2 Å². The lowest BCUT2D eigenvalue weighted by Crippen LogP contribution is -2.36. The average molecular weight is 405 g/mol. The lowest BCUT2D eigenvalue weighted by Gasteiger charge is -2.20. The van der Waals surface area contributed by atoms with E-state index in [4.69, 9.17) is 4.84 Å². The Morgan fingerprint density at radius 2 is 2.20 bits per heavy atom. The fraction of sp³-hybridized carbons (Fsp3) is 0.389. The van der Waals surface area contributed by atoms with Gasteiger partial charge in [0.05, 0.1) is 11.4 Å². The van der Waals surface area contributed by atoms with Crippen LogP contribution in [0.25, 0.3) is 0 Å². The first-order valence-corrected chi connectivity index (χ1v) is 8.88. The molecule has 0 saturated heterocycles. The summed E-state index contributed by atoms with van der Waals surface area (Å²) in [4.78, 5) is 19.8. The maximum atomic E-state index is 12.7. The highest BCUT2D eigenvalue weighted by Crippen LogP contribution is 2.22. The molecule has 0 N–H and O–H groups in total. The summed E-state index contributed by atoms with van der Waals surface area (Å²) >= 11 is 3.45. The number of halogens is 1. The van der Waals surface area contributed by atoms with Gasteiger partial charge in [0, 0.05) is 48.4 Å². The summed E-state index contributed by atoms with van der Waals surface area (Å²) in [5, 5.41) is 8.51. The van der Waals surface area contributed by atoms with Crippen molar-refractivity contribution in [1.82, 2.24) is 14.7 Å². The Labute approximate surface area is 155 Å². The van der Waals surface area contributed by atoms with Crippen LogP contribution in [0.1, 0.15) is 28.9 Å². The Morgan fingerprint density at radius 3 is 2.84 bits per heavy atom. The molecule has 6 nitrogen and oxygen atoms in total. The third-order valence-electron chi connectivity index (χ3n) is 4.53. The SMILES string of the molecule is Cc1nn(C)c(C)c1CN(C)C(=O)C1CC(c2cccc(Br)c2)=NO1. The van der Waals surface area contributed by atoms with E-state index in [0.29, 0.717) is 13.0 Å². The van der Waals surface area contributed by atoms with Crippen molar-refractivity contribution in [2.75, 3.05) is 7.05 Å². The van der Waals surface area contributed by atoms with Crippen molar-refractivity contribution in [2.24, 2.45) is 12.2 Å². The van der Waals surface area contributed by atoms with Crippen LogP contribution in [0.5, 0.6) is 0 Å². The van der Waals surface area contributed by atoms with Crippen LogP contribution in [0.15, 0.2) is 33.9 Å². The summed E-state index contributed by atoms with van der Waals surface area (Å²) in [6, 6.07) is 7.83. The van der Waals surface area contributed by atoms with Crippen LogP contribution in [0.4, 0.5) is 0 Å². The Kier molecular flexibility index (Phi) is 4.94. The van der Waals surface area contributed by atoms with Gasteiger partial charge < -0.3 is 9.74 Å². The molecule has 1 aromatic carbocycles. The molecule has 7 heteroatoms. The van der Waals surface area contributed by atoms with Crippen molar-refractivity contribution in [2.45, 2.75) is 32.9 Å². The summed E-state index contributed by atoms with van der Waals surface area (Å²) in [6.07, 6.45) is -0.0961. The quantitative estimate of drug-likeness (QED) is 0.786. The molecule has 1 aromatic heterocycles. The van der Waals surface area contributed by atoms with Crippen LogP contribution in [0, 0.1) is 13.8 Å². The van der Waals surface area contributed by atoms with E-state index in [1.807, 2.05) is 49.8 Å². The van der Waals surface area contributed by atoms with Crippen molar-refractivity contribution in [3.8, 4) is 0 Å². The predicted molar refractivity (Wildman–Crippen MR) is 99.3 cm³/mol. The standard InChI is InChI=1S/C18H21BrN4O2/c1-11-15(12(2)23(4)20-11)10-22(3)18(24)17-9-16(21-25-17)13-6-5-7-14(19)8-13/h5-8,17H,9-10H2,1-4H3. The highest BCUT2D eigenvalue weighted by molar-refractivity contribution is 9.10. The van der Waals surface area contributed by atoms with Crippen LogP contribution in [-0.2, 0) is 23.2 Å². The molecule has 0 fully saturated rings. The van der Waals surface area contributed by atoms with E-state index in [-0.39, 0.29) is 5.91 Å². The average Bonchev–Trinajstić information content (AvgIpc) is 3.15. The minimum atomic E-state index is -0.573. The second-order valence-corrected chi connectivity index (χ2v) is 7.23. The van der Waals surface area contributed by atoms with Gasteiger partial charge in [-0.1, -0.05) is 33.2 Å². The van der Waals surface area contributed by atoms with Gasteiger partial charge in [-0.15, -0.1) is 0 Å². The second-order valence-electron chi connectivity index (χ2n) is 6.31. The summed E-state index contributed by atoms with van der Waals surface area (Å²) in [6.45, 7) is 4.48. The zero-order valence-electron chi connectivity index (χ0n) is 14.8. The molecule has 1 aliphatic heterocycles. The van der Waals surface area contributed by atoms with Crippen LogP contribution in [0.3, 0.4) is 0 Å². The smallest absolute Gasteiger partial charge is 0.266 e. The molecule has 2 aromatic rings. The van der Waals surface area contributed by atoms with Crippen molar-refractivity contribution in [3.05, 3.63) is 51.3 Å². The van der Waals surface area contributed by atoms with Gasteiger partial charge in [0.15, 0.2) is 0 Å². The third-order valence-corrected chi connectivity index (χ3v) is 5.03. The van der Waals surface area contributed by atoms with E-state index < -0.39 is 6.10 Å². The maximum absolute atomic E-state index is 12.7. The van der Waals surface area contributed by atoms with Gasteiger partial charge in [0.2, 0.25) is 6.10 Å². The molecule has 1 amide bonds. The summed E-state index contributed by atoms with van der Waals surface area (Å²) in [7, 11) is 3.69. The Morgan fingerprint density at radius 1 is 1.44 bits per heavy atom. The van der Waals surface area contributed by atoms with Crippen molar-refractivity contribution >= 4 is 27.5 Å². The van der Waals surface area contributed by atoms with Crippen LogP contribution < -0.4 is 0 Å². The predicted octanol–water partition coefficient (Wildman–Crippen LogP) is 2.95. The van der Waals surface area contributed by atoms with E-state index in [0.717, 1.165) is 32.7 Å². The highest BCUT2D eigenvalue weighted by atomic mass is 79.9. The molecule has 3 rings (SSSR count). The number of amides is 1. The summed E-state index contributed by atoms with van der Waals surface area (Å²) in [5.74, 6) is -0.0728. The number of carbonyl (C=O) groups is 1. The van der Waals surface area contributed by atoms with Crippen molar-refractivity contribution < 1.29 is 9.63 Å². The van der Waals surface area contributed by atoms with E-state index in [1.54, 1.807) is 11.9 Å². The zero-order chi connectivity index (χ0) is 18.1. The monoisotopic (exact) mass is 404 g/mol. The number of aromatic nitrogens is 2. The van der Waals surface area contributed by atoms with Gasteiger partial charge in [-0.3, -0.25) is 9.48 Å². The minimum Gasteiger partial charge on any atom is -0.382 e. The molecule has 2 heterocycles. The number of rotatable bonds is 4. The first-order chi connectivity index (χ1) is 11.9. The number of likely N-dealkylation sites (N-methyl/N-ethyl adjacent to an activating group) is 1. The third kappa shape index (κ3) is 3.61. The number of aryl methyl sites for hydroxylation is 2. The second kappa shape index (κ2) is 7.00. The number of hydrogen-bond acceptors (Lipinski definition) is 4. The fourth-order valence-corrected chi connectivity index (χ4v) is 3.35. The van der Waals surface area contributed by atoms with Gasteiger partial charge in [-0.05, 0) is 26.0 Å². The molecule has 1 atom stereocenters. The fourth-order valence-electron chi connectivity index (χ4n) is 2.96. The van der Waals surface area contributed by atoms with Crippen LogP contribution in [-0.4, -0.2) is 39.5 Å². The van der Waals surface area contributed by atoms with Crippen molar-refractivity contribution in [1.29, 1.82) is 0 Å². The minimum absolute atomic E-state index is 0.0728. The first kappa shape index (κ1) is 17.7. The number of hydrogen-bond donors (Lipinski definition) is 0. The topological polar surface area (TPSA) is 59.7 Å². The molecule has 0 saturated carbocycles. The van der Waals surface area contributed by atoms with Gasteiger partial charge >= 0.3 is 0 Å². The van der Waals surface area contributed by atoms with Gasteiger partial charge in [0.25, 0.3) is 5.91 Å². The maximum Gasteiger partial charge on any atom is 0.266 e. The summed E-state index contributed by atoms with van der Waals surface area (Å²) < 4.78 is 2.81. The zero-order valence-corrected chi connectivity index (χ0v) is 16.4. The van der Waals surface area contributed by atoms with Gasteiger partial charge in [-0.2, -0.15) is 5.10 Å². The van der Waals surface area contributed by atoms with E-state index in [1.165, 1.54) is 0 Å². The molecular weight excluding hydrogens is 384 g/mol. The molecule has 132 valence electrons. The van der Waals surface area contributed by atoms with Crippen LogP contribution in [0.2, 0.25) is 0 Å². The summed E-state index contributed by atoms with van der Waals surface area (Å²) in [5.41, 5.74) is 4.84. The molecule has 0 aliphatic carbocycles. The Bertz CT molecular complexity index is 844. The number of benzene rings is 1. The number of carbonyl (C=O) groups excluding carboxylic acids is 1. The highest BCUT2D eigenvalue weighted by Gasteiger charge is 2.31. The Balaban J connectivity index is 1.66. The molecule has 0 radical (unpaired) electrons. The molecule has 25 heavy (non-hydrogen) atoms. The van der Waals surface area contributed by atoms with E-state index >= 15 is 0 Å². The van der Waals surface area contributed by atoms with E-state index in [9.17, 15) is 4.79 Å².